The molecule has 108 valence electrons. The van der Waals surface area contributed by atoms with Gasteiger partial charge in [-0.3, -0.25) is 4.90 Å². The summed E-state index contributed by atoms with van der Waals surface area (Å²) in [5.41, 5.74) is 7.35. The van der Waals surface area contributed by atoms with Gasteiger partial charge in [0.15, 0.2) is 0 Å². The van der Waals surface area contributed by atoms with Gasteiger partial charge in [-0.15, -0.1) is 0 Å². The Kier molecular flexibility index (Phi) is 3.56. The third kappa shape index (κ3) is 2.25. The molecule has 3 rings (SSSR count). The molecule has 2 aromatic rings. The highest BCUT2D eigenvalue weighted by Crippen LogP contribution is 2.27. The molecule has 0 saturated carbocycles. The molecule has 0 amide bonds. The molecule has 0 aliphatic carbocycles. The zero-order chi connectivity index (χ0) is 14.3. The van der Waals surface area contributed by atoms with E-state index in [2.05, 4.69) is 16.8 Å². The monoisotopic (exact) mass is 296 g/mol. The van der Waals surface area contributed by atoms with Crippen LogP contribution < -0.4 is 5.73 Å². The molecule has 1 unspecified atom stereocenters. The molecule has 2 heterocycles. The largest absolute Gasteiger partial charge is 0.369 e. The van der Waals surface area contributed by atoms with E-state index in [0.717, 1.165) is 31.6 Å². The smallest absolute Gasteiger partial charge is 0.201 e. The Morgan fingerprint density at radius 3 is 3.05 bits per heavy atom. The first kappa shape index (κ1) is 13.6. The van der Waals surface area contributed by atoms with Crippen molar-refractivity contribution in [2.24, 2.45) is 0 Å². The second-order valence-corrected chi connectivity index (χ2v) is 5.67. The minimum Gasteiger partial charge on any atom is -0.369 e. The lowest BCUT2D eigenvalue weighted by Gasteiger charge is -2.23. The molecule has 2 N–H and O–H groups in total. The van der Waals surface area contributed by atoms with Gasteiger partial charge in [0, 0.05) is 18.7 Å². The van der Waals surface area contributed by atoms with E-state index in [1.165, 1.54) is 12.5 Å². The summed E-state index contributed by atoms with van der Waals surface area (Å²) in [6, 6.07) is 3.42. The third-order valence-electron chi connectivity index (χ3n) is 4.12. The predicted molar refractivity (Wildman–Crippen MR) is 79.4 cm³/mol. The number of anilines is 1. The number of aromatic nitrogens is 2. The Morgan fingerprint density at radius 2 is 2.30 bits per heavy atom. The summed E-state index contributed by atoms with van der Waals surface area (Å²) in [4.78, 5) is 6.67. The fourth-order valence-electron chi connectivity index (χ4n) is 3.06. The van der Waals surface area contributed by atoms with E-state index in [4.69, 9.17) is 17.3 Å². The number of rotatable bonds is 3. The summed E-state index contributed by atoms with van der Waals surface area (Å²) in [6.07, 6.45) is 2.36. The van der Waals surface area contributed by atoms with E-state index in [-0.39, 0.29) is 5.02 Å². The molecule has 1 aromatic carbocycles. The summed E-state index contributed by atoms with van der Waals surface area (Å²) in [5, 5.41) is 0.109. The van der Waals surface area contributed by atoms with E-state index in [1.807, 2.05) is 4.57 Å². The number of hydrogen-bond acceptors (Lipinski definition) is 3. The highest BCUT2D eigenvalue weighted by Gasteiger charge is 2.25. The van der Waals surface area contributed by atoms with Crippen LogP contribution in [0.3, 0.4) is 0 Å². The molecule has 1 aliphatic heterocycles. The fraction of sp³-hybridized carbons (Fsp3) is 0.500. The third-order valence-corrected chi connectivity index (χ3v) is 4.41. The summed E-state index contributed by atoms with van der Waals surface area (Å²) in [5.74, 6) is -0.0375. The Hall–Kier alpha value is -1.33. The van der Waals surface area contributed by atoms with Crippen molar-refractivity contribution in [3.8, 4) is 0 Å². The van der Waals surface area contributed by atoms with Gasteiger partial charge in [-0.05, 0) is 32.0 Å². The van der Waals surface area contributed by atoms with Crippen molar-refractivity contribution < 1.29 is 4.39 Å². The van der Waals surface area contributed by atoms with Crippen LogP contribution in [0.15, 0.2) is 12.1 Å². The quantitative estimate of drug-likeness (QED) is 0.947. The van der Waals surface area contributed by atoms with Crippen LogP contribution in [0, 0.1) is 5.82 Å². The molecule has 1 atom stereocenters. The van der Waals surface area contributed by atoms with Crippen molar-refractivity contribution in [1.82, 2.24) is 14.5 Å². The van der Waals surface area contributed by atoms with E-state index in [9.17, 15) is 4.39 Å². The first-order chi connectivity index (χ1) is 9.60. The van der Waals surface area contributed by atoms with Gasteiger partial charge in [-0.25, -0.2) is 9.37 Å². The normalized spacial score (nSPS) is 20.1. The van der Waals surface area contributed by atoms with E-state index >= 15 is 0 Å². The van der Waals surface area contributed by atoms with E-state index < -0.39 is 5.82 Å². The predicted octanol–water partition coefficient (Wildman–Crippen LogP) is 2.90. The molecule has 0 radical (unpaired) electrons. The molecule has 1 aliphatic rings. The van der Waals surface area contributed by atoms with Crippen molar-refractivity contribution in [3.05, 3.63) is 23.0 Å². The number of nitrogens with two attached hydrogens (primary N) is 1. The number of likely N-dealkylation sites (N-methyl/N-ethyl adjacent to an activating group) is 1. The fourth-order valence-corrected chi connectivity index (χ4v) is 3.22. The lowest BCUT2D eigenvalue weighted by Crippen LogP contribution is -2.33. The van der Waals surface area contributed by atoms with Crippen LogP contribution in [0.4, 0.5) is 10.3 Å². The molecule has 4 nitrogen and oxygen atoms in total. The van der Waals surface area contributed by atoms with Crippen LogP contribution in [-0.4, -0.2) is 33.6 Å². The molecule has 1 saturated heterocycles. The van der Waals surface area contributed by atoms with E-state index in [0.29, 0.717) is 17.5 Å². The second kappa shape index (κ2) is 5.22. The number of imidazole rings is 1. The first-order valence-corrected chi connectivity index (χ1v) is 7.32. The van der Waals surface area contributed by atoms with Crippen molar-refractivity contribution >= 4 is 28.6 Å². The van der Waals surface area contributed by atoms with Crippen LogP contribution in [-0.2, 0) is 6.54 Å². The van der Waals surface area contributed by atoms with Gasteiger partial charge >= 0.3 is 0 Å². The minimum absolute atomic E-state index is 0.109. The van der Waals surface area contributed by atoms with Crippen LogP contribution in [0.1, 0.15) is 19.8 Å². The van der Waals surface area contributed by atoms with Gasteiger partial charge in [0.2, 0.25) is 5.95 Å². The maximum absolute atomic E-state index is 13.5. The standard InChI is InChI=1S/C14H18ClFN4/c1-2-19-5-3-4-9(19)8-20-13-6-10(15)11(16)7-12(13)18-14(20)17/h6-7,9H,2-5,8H2,1H3,(H2,17,18). The minimum atomic E-state index is -0.458. The summed E-state index contributed by atoms with van der Waals surface area (Å²) in [7, 11) is 0. The number of fused-ring (bicyclic) bond motifs is 1. The SMILES string of the molecule is CCN1CCCC1Cn1c(N)nc2cc(F)c(Cl)cc21. The number of halogens is 2. The summed E-state index contributed by atoms with van der Waals surface area (Å²) >= 11 is 5.87. The van der Waals surface area contributed by atoms with Crippen molar-refractivity contribution in [1.29, 1.82) is 0 Å². The Labute approximate surface area is 122 Å². The molecule has 6 heteroatoms. The van der Waals surface area contributed by atoms with Crippen LogP contribution in [0.25, 0.3) is 11.0 Å². The Balaban J connectivity index is 1.98. The highest BCUT2D eigenvalue weighted by molar-refractivity contribution is 6.31. The first-order valence-electron chi connectivity index (χ1n) is 6.95. The van der Waals surface area contributed by atoms with Gasteiger partial charge in [0.1, 0.15) is 5.82 Å². The lowest BCUT2D eigenvalue weighted by atomic mass is 10.2. The van der Waals surface area contributed by atoms with Gasteiger partial charge in [0.05, 0.1) is 16.1 Å². The maximum atomic E-state index is 13.5. The van der Waals surface area contributed by atoms with Gasteiger partial charge in [-0.2, -0.15) is 0 Å². The second-order valence-electron chi connectivity index (χ2n) is 5.26. The molecular weight excluding hydrogens is 279 g/mol. The average molecular weight is 297 g/mol. The van der Waals surface area contributed by atoms with Crippen LogP contribution in [0.5, 0.6) is 0 Å². The van der Waals surface area contributed by atoms with Gasteiger partial charge in [-0.1, -0.05) is 18.5 Å². The van der Waals surface area contributed by atoms with Gasteiger partial charge in [0.25, 0.3) is 0 Å². The number of nitrogens with zero attached hydrogens (tertiary/aromatic N) is 3. The number of benzene rings is 1. The molecule has 0 spiro atoms. The molecule has 1 aromatic heterocycles. The molecule has 20 heavy (non-hydrogen) atoms. The summed E-state index contributed by atoms with van der Waals surface area (Å²) < 4.78 is 15.4. The Morgan fingerprint density at radius 1 is 1.50 bits per heavy atom. The highest BCUT2D eigenvalue weighted by atomic mass is 35.5. The molecule has 1 fully saturated rings. The van der Waals surface area contributed by atoms with E-state index in [1.54, 1.807) is 6.07 Å². The molecule has 0 bridgehead atoms. The zero-order valence-electron chi connectivity index (χ0n) is 11.4. The van der Waals surface area contributed by atoms with Crippen LogP contribution >= 0.6 is 11.6 Å². The maximum Gasteiger partial charge on any atom is 0.201 e. The topological polar surface area (TPSA) is 47.1 Å². The van der Waals surface area contributed by atoms with Crippen molar-refractivity contribution in [2.75, 3.05) is 18.8 Å². The number of likely N-dealkylation sites (tertiary alicyclic amines) is 1. The van der Waals surface area contributed by atoms with Crippen LogP contribution in [0.2, 0.25) is 5.02 Å². The Bertz CT molecular complexity index is 640. The average Bonchev–Trinajstić information content (AvgIpc) is 2.97. The number of hydrogen-bond donors (Lipinski definition) is 1. The number of nitrogen functional groups attached to an aromatic ring is 1. The van der Waals surface area contributed by atoms with Gasteiger partial charge < -0.3 is 10.3 Å². The molecular formula is C14H18ClFN4. The van der Waals surface area contributed by atoms with Crippen molar-refractivity contribution in [2.45, 2.75) is 32.4 Å². The zero-order valence-corrected chi connectivity index (χ0v) is 12.2. The van der Waals surface area contributed by atoms with Crippen molar-refractivity contribution in [3.63, 3.8) is 0 Å². The summed E-state index contributed by atoms with van der Waals surface area (Å²) in [6.45, 7) is 5.10. The lowest BCUT2D eigenvalue weighted by molar-refractivity contribution is 0.246.